The first kappa shape index (κ1) is 15.9. The van der Waals surface area contributed by atoms with Gasteiger partial charge in [-0.05, 0) is 55.0 Å². The van der Waals surface area contributed by atoms with Gasteiger partial charge in [-0.15, -0.1) is 0 Å². The van der Waals surface area contributed by atoms with Gasteiger partial charge >= 0.3 is 0 Å². The Hall–Kier alpha value is -1.99. The van der Waals surface area contributed by atoms with Gasteiger partial charge < -0.3 is 0 Å². The summed E-state index contributed by atoms with van der Waals surface area (Å²) in [6.45, 7) is 1.86. The number of fused-ring (bicyclic) bond motifs is 1. The maximum absolute atomic E-state index is 13.8. The molecule has 1 N–H and O–H groups in total. The van der Waals surface area contributed by atoms with E-state index in [1.807, 2.05) is 6.92 Å². The van der Waals surface area contributed by atoms with Gasteiger partial charge in [-0.3, -0.25) is 9.71 Å². The number of hydrogen-bond acceptors (Lipinski definition) is 3. The Morgan fingerprint density at radius 3 is 2.70 bits per heavy atom. The quantitative estimate of drug-likeness (QED) is 0.722. The Kier molecular flexibility index (Phi) is 4.08. The number of nitrogens with zero attached hydrogens (tertiary/aromatic N) is 1. The molecule has 0 radical (unpaired) electrons. The molecule has 0 aliphatic rings. The Morgan fingerprint density at radius 1 is 1.17 bits per heavy atom. The van der Waals surface area contributed by atoms with Crippen LogP contribution in [0.15, 0.2) is 58.0 Å². The van der Waals surface area contributed by atoms with Crippen molar-refractivity contribution < 1.29 is 12.8 Å². The average molecular weight is 395 g/mol. The van der Waals surface area contributed by atoms with Crippen LogP contribution in [0.2, 0.25) is 0 Å². The molecule has 1 aromatic heterocycles. The van der Waals surface area contributed by atoms with E-state index in [4.69, 9.17) is 0 Å². The predicted molar refractivity (Wildman–Crippen MR) is 91.4 cm³/mol. The van der Waals surface area contributed by atoms with Gasteiger partial charge in [-0.1, -0.05) is 15.9 Å². The second-order valence-electron chi connectivity index (χ2n) is 5.01. The Labute approximate surface area is 141 Å². The van der Waals surface area contributed by atoms with E-state index in [0.29, 0.717) is 5.69 Å². The molecule has 4 nitrogen and oxygen atoms in total. The Bertz CT molecular complexity index is 1010. The standard InChI is InChI=1S/C16H12BrFN2O2S/c1-10-9-11(4-5-13(10)17)20-23(21,22)15-7-6-14(18)16-12(15)3-2-8-19-16/h2-9,20H,1H3. The van der Waals surface area contributed by atoms with Gasteiger partial charge in [-0.25, -0.2) is 12.8 Å². The van der Waals surface area contributed by atoms with Gasteiger partial charge in [-0.2, -0.15) is 0 Å². The van der Waals surface area contributed by atoms with Gasteiger partial charge in [0.25, 0.3) is 10.0 Å². The fourth-order valence-electron chi connectivity index (χ4n) is 2.26. The van der Waals surface area contributed by atoms with E-state index in [1.165, 1.54) is 18.3 Å². The van der Waals surface area contributed by atoms with Crippen molar-refractivity contribution in [1.29, 1.82) is 0 Å². The molecule has 3 aromatic rings. The van der Waals surface area contributed by atoms with E-state index in [2.05, 4.69) is 25.6 Å². The van der Waals surface area contributed by atoms with Crippen molar-refractivity contribution in [3.8, 4) is 0 Å². The number of hydrogen-bond donors (Lipinski definition) is 1. The summed E-state index contributed by atoms with van der Waals surface area (Å²) >= 11 is 3.37. The molecule has 0 saturated heterocycles. The van der Waals surface area contributed by atoms with Gasteiger partial charge in [0.15, 0.2) is 0 Å². The first-order chi connectivity index (χ1) is 10.9. The molecule has 0 bridgehead atoms. The summed E-state index contributed by atoms with van der Waals surface area (Å²) in [6.07, 6.45) is 1.42. The maximum atomic E-state index is 13.8. The highest BCUT2D eigenvalue weighted by Crippen LogP contribution is 2.27. The van der Waals surface area contributed by atoms with Gasteiger partial charge in [0.05, 0.1) is 4.90 Å². The van der Waals surface area contributed by atoms with E-state index in [0.717, 1.165) is 16.1 Å². The normalized spacial score (nSPS) is 11.6. The number of nitrogens with one attached hydrogen (secondary N) is 1. The molecule has 7 heteroatoms. The van der Waals surface area contributed by atoms with Crippen LogP contribution in [0.4, 0.5) is 10.1 Å². The van der Waals surface area contributed by atoms with Crippen molar-refractivity contribution in [2.75, 3.05) is 4.72 Å². The molecular weight excluding hydrogens is 383 g/mol. The lowest BCUT2D eigenvalue weighted by molar-refractivity contribution is 0.601. The summed E-state index contributed by atoms with van der Waals surface area (Å²) in [5, 5.41) is 0.244. The molecular formula is C16H12BrFN2O2S. The number of aryl methyl sites for hydroxylation is 1. The number of benzene rings is 2. The first-order valence-electron chi connectivity index (χ1n) is 6.71. The predicted octanol–water partition coefficient (Wildman–Crippen LogP) is 4.25. The van der Waals surface area contributed by atoms with Gasteiger partial charge in [0, 0.05) is 21.7 Å². The zero-order valence-corrected chi connectivity index (χ0v) is 14.4. The van der Waals surface area contributed by atoms with Crippen LogP contribution in [0.3, 0.4) is 0 Å². The molecule has 0 fully saturated rings. The molecule has 118 valence electrons. The average Bonchev–Trinajstić information content (AvgIpc) is 2.51. The zero-order valence-electron chi connectivity index (χ0n) is 12.0. The smallest absolute Gasteiger partial charge is 0.262 e. The minimum atomic E-state index is -3.86. The van der Waals surface area contributed by atoms with Crippen LogP contribution in [0.1, 0.15) is 5.56 Å². The van der Waals surface area contributed by atoms with Crippen LogP contribution >= 0.6 is 15.9 Å². The Balaban J connectivity index is 2.10. The van der Waals surface area contributed by atoms with Crippen molar-refractivity contribution >= 4 is 42.5 Å². The highest BCUT2D eigenvalue weighted by Gasteiger charge is 2.19. The lowest BCUT2D eigenvalue weighted by atomic mass is 10.2. The zero-order chi connectivity index (χ0) is 16.6. The van der Waals surface area contributed by atoms with Crippen LogP contribution < -0.4 is 4.72 Å². The topological polar surface area (TPSA) is 59.1 Å². The fraction of sp³-hybridized carbons (Fsp3) is 0.0625. The fourth-order valence-corrected chi connectivity index (χ4v) is 3.76. The second-order valence-corrected chi connectivity index (χ2v) is 7.52. The Morgan fingerprint density at radius 2 is 1.96 bits per heavy atom. The van der Waals surface area contributed by atoms with Gasteiger partial charge in [0.1, 0.15) is 11.3 Å². The molecule has 0 aliphatic carbocycles. The van der Waals surface area contributed by atoms with Crippen LogP contribution in [0.25, 0.3) is 10.9 Å². The second kappa shape index (κ2) is 5.90. The number of rotatable bonds is 3. The summed E-state index contributed by atoms with van der Waals surface area (Å²) < 4.78 is 42.5. The highest BCUT2D eigenvalue weighted by atomic mass is 79.9. The lowest BCUT2D eigenvalue weighted by Gasteiger charge is -2.11. The maximum Gasteiger partial charge on any atom is 0.262 e. The SMILES string of the molecule is Cc1cc(NS(=O)(=O)c2ccc(F)c3ncccc23)ccc1Br. The molecule has 23 heavy (non-hydrogen) atoms. The van der Waals surface area contributed by atoms with Crippen molar-refractivity contribution in [3.63, 3.8) is 0 Å². The third kappa shape index (κ3) is 3.07. The van der Waals surface area contributed by atoms with E-state index < -0.39 is 15.8 Å². The lowest BCUT2D eigenvalue weighted by Crippen LogP contribution is -2.14. The van der Waals surface area contributed by atoms with E-state index in [-0.39, 0.29) is 15.8 Å². The minimum absolute atomic E-state index is 0.0115. The van der Waals surface area contributed by atoms with Crippen LogP contribution in [-0.4, -0.2) is 13.4 Å². The molecule has 2 aromatic carbocycles. The molecule has 0 unspecified atom stereocenters. The van der Waals surface area contributed by atoms with E-state index in [9.17, 15) is 12.8 Å². The number of aromatic nitrogens is 1. The van der Waals surface area contributed by atoms with Crippen molar-refractivity contribution in [2.24, 2.45) is 0 Å². The summed E-state index contributed by atoms with van der Waals surface area (Å²) in [5.41, 5.74) is 1.37. The van der Waals surface area contributed by atoms with E-state index in [1.54, 1.807) is 24.3 Å². The third-order valence-corrected chi connectivity index (χ3v) is 5.71. The first-order valence-corrected chi connectivity index (χ1v) is 8.98. The van der Waals surface area contributed by atoms with Crippen LogP contribution in [-0.2, 0) is 10.0 Å². The number of halogens is 2. The molecule has 0 saturated carbocycles. The molecule has 0 amide bonds. The molecule has 0 aliphatic heterocycles. The third-order valence-electron chi connectivity index (χ3n) is 3.38. The van der Waals surface area contributed by atoms with Gasteiger partial charge in [0.2, 0.25) is 0 Å². The van der Waals surface area contributed by atoms with Crippen LogP contribution in [0, 0.1) is 12.7 Å². The summed E-state index contributed by atoms with van der Waals surface area (Å²) in [5.74, 6) is -0.556. The van der Waals surface area contributed by atoms with Crippen LogP contribution in [0.5, 0.6) is 0 Å². The van der Waals surface area contributed by atoms with Crippen molar-refractivity contribution in [2.45, 2.75) is 11.8 Å². The molecule has 0 spiro atoms. The van der Waals surface area contributed by atoms with Crippen molar-refractivity contribution in [1.82, 2.24) is 4.98 Å². The summed E-state index contributed by atoms with van der Waals surface area (Å²) in [7, 11) is -3.86. The minimum Gasteiger partial charge on any atom is -0.280 e. The summed E-state index contributed by atoms with van der Waals surface area (Å²) in [6, 6.07) is 10.6. The number of anilines is 1. The molecule has 0 atom stereocenters. The number of pyridine rings is 1. The van der Waals surface area contributed by atoms with Crippen molar-refractivity contribution in [3.05, 3.63) is 64.5 Å². The highest BCUT2D eigenvalue weighted by molar-refractivity contribution is 9.10. The molecule has 1 heterocycles. The van der Waals surface area contributed by atoms with E-state index >= 15 is 0 Å². The number of sulfonamides is 1. The largest absolute Gasteiger partial charge is 0.280 e. The molecule has 3 rings (SSSR count). The summed E-state index contributed by atoms with van der Waals surface area (Å²) in [4.78, 5) is 3.90. The monoisotopic (exact) mass is 394 g/mol.